The number of carbonyl (C=O) groups excluding carboxylic acids is 1. The lowest BCUT2D eigenvalue weighted by Gasteiger charge is -2.16. The minimum absolute atomic E-state index is 0.00112. The van der Waals surface area contributed by atoms with Gasteiger partial charge in [0.1, 0.15) is 11.6 Å². The number of nitrogens with zero attached hydrogens (tertiary/aromatic N) is 2. The van der Waals surface area contributed by atoms with Gasteiger partial charge in [-0.1, -0.05) is 11.6 Å². The van der Waals surface area contributed by atoms with E-state index in [4.69, 9.17) is 22.2 Å². The number of rotatable bonds is 6. The molecule has 0 radical (unpaired) electrons. The molecule has 0 aliphatic heterocycles. The number of Topliss-reactive ketones (excluding diaryl/α,β-unsaturated/α-hetero) is 1. The summed E-state index contributed by atoms with van der Waals surface area (Å²) in [5.74, 6) is 3.73. The fraction of sp³-hybridized carbons (Fsp3) is 0.312. The molecule has 0 aliphatic rings. The number of aromatic nitrogens is 2. The molecular weight excluding hydrogens is 442 g/mol. The van der Waals surface area contributed by atoms with Crippen molar-refractivity contribution < 1.29 is 27.1 Å². The van der Waals surface area contributed by atoms with Gasteiger partial charge in [-0.05, 0) is 19.1 Å². The van der Waals surface area contributed by atoms with Crippen LogP contribution in [-0.2, 0) is 15.7 Å². The molecule has 1 aromatic heterocycles. The molecule has 1 atom stereocenters. The minimum Gasteiger partial charge on any atom is -0.383 e. The van der Waals surface area contributed by atoms with Crippen LogP contribution < -0.4 is 17.1 Å². The second-order valence-corrected chi connectivity index (χ2v) is 7.41. The fourth-order valence-corrected chi connectivity index (χ4v) is 3.63. The first kappa shape index (κ1) is 23.0. The molecule has 158 valence electrons. The molecule has 29 heavy (non-hydrogen) atoms. The maximum atomic E-state index is 14.4. The number of hydrogen-bond donors (Lipinski definition) is 1. The van der Waals surface area contributed by atoms with E-state index in [1.54, 1.807) is 0 Å². The van der Waals surface area contributed by atoms with E-state index in [0.29, 0.717) is 0 Å². The highest BCUT2D eigenvalue weighted by Gasteiger charge is 2.36. The van der Waals surface area contributed by atoms with Crippen LogP contribution in [0.2, 0.25) is 5.02 Å². The summed E-state index contributed by atoms with van der Waals surface area (Å²) in [6.07, 6.45) is -5.07. The van der Waals surface area contributed by atoms with E-state index in [2.05, 4.69) is 0 Å². The predicted molar refractivity (Wildman–Crippen MR) is 98.6 cm³/mol. The minimum atomic E-state index is -5.07. The van der Waals surface area contributed by atoms with Crippen molar-refractivity contribution in [3.05, 3.63) is 55.6 Å². The highest BCUT2D eigenvalue weighted by Crippen LogP contribution is 2.34. The first-order valence-corrected chi connectivity index (χ1v) is 9.01. The van der Waals surface area contributed by atoms with Crippen LogP contribution in [-0.4, -0.2) is 34.0 Å². The number of methoxy groups -OCH3 is 1. The molecular formula is C16H14ClF4N3O4S. The fourth-order valence-electron chi connectivity index (χ4n) is 2.32. The first-order valence-electron chi connectivity index (χ1n) is 7.75. The smallest absolute Gasteiger partial charge is 0.383 e. The van der Waals surface area contributed by atoms with Crippen molar-refractivity contribution in [2.24, 2.45) is 0 Å². The van der Waals surface area contributed by atoms with Gasteiger partial charge < -0.3 is 10.6 Å². The molecule has 0 fully saturated rings. The van der Waals surface area contributed by atoms with E-state index in [-0.39, 0.29) is 37.6 Å². The Morgan fingerprint density at radius 2 is 1.93 bits per heavy atom. The molecule has 2 aromatic rings. The molecule has 0 aliphatic carbocycles. The standard InChI is InChI=1S/C16H14ClF4N3O4S/c1-7(25)12(6-28-2)29-11-4-10(9(18)3-8(11)17)23-14(26)5-13(16(19,20)21)24(22)15(23)27/h3-5,12H,6,22H2,1-2H3. The second-order valence-electron chi connectivity index (χ2n) is 5.76. The Kier molecular flexibility index (Phi) is 6.81. The topological polar surface area (TPSA) is 96.3 Å². The number of nitrogen functional groups attached to an aromatic ring is 1. The zero-order valence-corrected chi connectivity index (χ0v) is 16.5. The second kappa shape index (κ2) is 8.59. The van der Waals surface area contributed by atoms with Gasteiger partial charge in [0.15, 0.2) is 5.69 Å². The summed E-state index contributed by atoms with van der Waals surface area (Å²) in [5, 5.41) is -0.863. The van der Waals surface area contributed by atoms with Crippen LogP contribution in [0.25, 0.3) is 5.69 Å². The number of thioether (sulfide) groups is 1. The van der Waals surface area contributed by atoms with Gasteiger partial charge >= 0.3 is 11.9 Å². The monoisotopic (exact) mass is 455 g/mol. The molecule has 1 aromatic carbocycles. The van der Waals surface area contributed by atoms with Gasteiger partial charge in [-0.15, -0.1) is 11.8 Å². The lowest BCUT2D eigenvalue weighted by molar-refractivity contribution is -0.143. The summed E-state index contributed by atoms with van der Waals surface area (Å²) in [7, 11) is 1.36. The molecule has 2 N–H and O–H groups in total. The lowest BCUT2D eigenvalue weighted by Crippen LogP contribution is -2.45. The van der Waals surface area contributed by atoms with E-state index in [9.17, 15) is 31.9 Å². The molecule has 0 amide bonds. The molecule has 0 bridgehead atoms. The molecule has 13 heteroatoms. The van der Waals surface area contributed by atoms with Gasteiger partial charge in [0, 0.05) is 18.1 Å². The zero-order chi connectivity index (χ0) is 22.1. The maximum Gasteiger partial charge on any atom is 0.433 e. The van der Waals surface area contributed by atoms with Gasteiger partial charge in [0.2, 0.25) is 0 Å². The van der Waals surface area contributed by atoms with Gasteiger partial charge in [-0.25, -0.2) is 18.4 Å². The third-order valence-corrected chi connectivity index (χ3v) is 5.48. The molecule has 7 nitrogen and oxygen atoms in total. The van der Waals surface area contributed by atoms with E-state index < -0.39 is 39.9 Å². The van der Waals surface area contributed by atoms with Crippen LogP contribution in [0.3, 0.4) is 0 Å². The van der Waals surface area contributed by atoms with Crippen LogP contribution >= 0.6 is 23.4 Å². The van der Waals surface area contributed by atoms with Crippen LogP contribution in [0.1, 0.15) is 12.6 Å². The number of nitrogens with two attached hydrogens (primary N) is 1. The Balaban J connectivity index is 2.68. The van der Waals surface area contributed by atoms with Crippen LogP contribution in [0.5, 0.6) is 0 Å². The Morgan fingerprint density at radius 3 is 2.45 bits per heavy atom. The van der Waals surface area contributed by atoms with E-state index in [1.807, 2.05) is 0 Å². The Hall–Kier alpha value is -2.31. The molecule has 1 unspecified atom stereocenters. The van der Waals surface area contributed by atoms with Crippen LogP contribution in [0, 0.1) is 5.82 Å². The van der Waals surface area contributed by atoms with Crippen molar-refractivity contribution in [3.8, 4) is 5.69 Å². The van der Waals surface area contributed by atoms with Gasteiger partial charge in [-0.2, -0.15) is 13.2 Å². The third kappa shape index (κ3) is 4.82. The van der Waals surface area contributed by atoms with Crippen LogP contribution in [0.4, 0.5) is 17.6 Å². The molecule has 0 saturated carbocycles. The van der Waals surface area contributed by atoms with Crippen LogP contribution in [0.15, 0.2) is 32.7 Å². The maximum absolute atomic E-state index is 14.4. The van der Waals surface area contributed by atoms with Crippen molar-refractivity contribution in [1.82, 2.24) is 9.24 Å². The summed E-state index contributed by atoms with van der Waals surface area (Å²) < 4.78 is 57.9. The number of carbonyl (C=O) groups is 1. The average Bonchev–Trinajstić information content (AvgIpc) is 2.60. The summed E-state index contributed by atoms with van der Waals surface area (Å²) in [6.45, 7) is 1.29. The summed E-state index contributed by atoms with van der Waals surface area (Å²) >= 11 is 6.86. The first-order chi connectivity index (χ1) is 13.4. The van der Waals surface area contributed by atoms with E-state index in [0.717, 1.165) is 23.9 Å². The highest BCUT2D eigenvalue weighted by molar-refractivity contribution is 8.00. The highest BCUT2D eigenvalue weighted by atomic mass is 35.5. The Morgan fingerprint density at radius 1 is 1.31 bits per heavy atom. The number of halogens is 5. The summed E-state index contributed by atoms with van der Waals surface area (Å²) in [5.41, 5.74) is -5.41. The number of ether oxygens (including phenoxy) is 1. The quantitative estimate of drug-likeness (QED) is 0.407. The summed E-state index contributed by atoms with van der Waals surface area (Å²) in [6, 6.07) is 1.82. The van der Waals surface area contributed by atoms with Gasteiger partial charge in [0.25, 0.3) is 5.56 Å². The number of ketones is 1. The normalized spacial score (nSPS) is 12.8. The number of hydrogen-bond acceptors (Lipinski definition) is 6. The Labute approximate surface area is 170 Å². The van der Waals surface area contributed by atoms with Crippen molar-refractivity contribution in [2.45, 2.75) is 23.2 Å². The number of alkyl halides is 3. The molecule has 1 heterocycles. The van der Waals surface area contributed by atoms with Crippen molar-refractivity contribution in [3.63, 3.8) is 0 Å². The Bertz CT molecular complexity index is 1070. The van der Waals surface area contributed by atoms with Crippen molar-refractivity contribution >= 4 is 29.1 Å². The average molecular weight is 456 g/mol. The number of benzene rings is 1. The SMILES string of the molecule is COCC(Sc1cc(-n2c(=O)cc(C(F)(F)F)n(N)c2=O)c(F)cc1Cl)C(C)=O. The molecule has 0 saturated heterocycles. The predicted octanol–water partition coefficient (Wildman–Crippen LogP) is 2.22. The summed E-state index contributed by atoms with van der Waals surface area (Å²) in [4.78, 5) is 36.2. The van der Waals surface area contributed by atoms with E-state index >= 15 is 0 Å². The largest absolute Gasteiger partial charge is 0.433 e. The van der Waals surface area contributed by atoms with Gasteiger partial charge in [0.05, 0.1) is 22.6 Å². The molecule has 0 spiro atoms. The lowest BCUT2D eigenvalue weighted by atomic mass is 10.3. The third-order valence-electron chi connectivity index (χ3n) is 3.71. The van der Waals surface area contributed by atoms with E-state index in [1.165, 1.54) is 14.0 Å². The van der Waals surface area contributed by atoms with Crippen molar-refractivity contribution in [2.75, 3.05) is 19.6 Å². The zero-order valence-electron chi connectivity index (χ0n) is 14.9. The molecule has 2 rings (SSSR count). The van der Waals surface area contributed by atoms with Gasteiger partial charge in [-0.3, -0.25) is 9.59 Å². The van der Waals surface area contributed by atoms with Crippen molar-refractivity contribution in [1.29, 1.82) is 0 Å².